The molecule has 8 heteroatoms. The van der Waals surface area contributed by atoms with E-state index in [0.717, 1.165) is 47.1 Å². The van der Waals surface area contributed by atoms with Gasteiger partial charge in [0.2, 0.25) is 0 Å². The molecule has 1 aromatic heterocycles. The maximum atomic E-state index is 12.6. The monoisotopic (exact) mass is 429 g/mol. The van der Waals surface area contributed by atoms with Gasteiger partial charge < -0.3 is 14.0 Å². The molecule has 1 N–H and O–H groups in total. The summed E-state index contributed by atoms with van der Waals surface area (Å²) >= 11 is 0. The third kappa shape index (κ3) is 3.90. The van der Waals surface area contributed by atoms with Crippen LogP contribution in [-0.2, 0) is 11.0 Å². The quantitative estimate of drug-likeness (QED) is 0.557. The highest BCUT2D eigenvalue weighted by Gasteiger charge is 2.28. The van der Waals surface area contributed by atoms with Crippen molar-refractivity contribution in [1.29, 1.82) is 5.26 Å². The summed E-state index contributed by atoms with van der Waals surface area (Å²) in [5.74, 6) is 0.363. The van der Waals surface area contributed by atoms with Gasteiger partial charge >= 0.3 is 0 Å². The molecule has 0 spiro atoms. The number of ether oxygens (including phenoxy) is 1. The first-order valence-corrected chi connectivity index (χ1v) is 11.2. The molecule has 1 unspecified atom stereocenters. The molecule has 1 aliphatic rings. The lowest BCUT2D eigenvalue weighted by atomic mass is 9.92. The van der Waals surface area contributed by atoms with Crippen molar-refractivity contribution in [3.8, 4) is 23.1 Å². The van der Waals surface area contributed by atoms with Gasteiger partial charge in [-0.1, -0.05) is 12.1 Å². The molecule has 0 amide bonds. The van der Waals surface area contributed by atoms with E-state index in [-0.39, 0.29) is 6.04 Å². The highest BCUT2D eigenvalue weighted by Crippen LogP contribution is 2.43. The number of aromatic nitrogens is 1. The summed E-state index contributed by atoms with van der Waals surface area (Å²) in [6.07, 6.45) is 2.12. The van der Waals surface area contributed by atoms with Crippen molar-refractivity contribution in [2.75, 3.05) is 17.6 Å². The smallest absolute Gasteiger partial charge is 0.272 e. The molecule has 0 saturated heterocycles. The van der Waals surface area contributed by atoms with Crippen LogP contribution in [0.4, 0.5) is 14.5 Å². The number of anilines is 1. The van der Waals surface area contributed by atoms with Gasteiger partial charge in [-0.15, -0.1) is 0 Å². The average molecular weight is 429 g/mol. The Kier molecular flexibility index (Phi) is 5.73. The van der Waals surface area contributed by atoms with Crippen molar-refractivity contribution in [3.63, 3.8) is 0 Å². The number of alkyl halides is 2. The molecule has 1 heterocycles. The highest BCUT2D eigenvalue weighted by atomic mass is 32.2. The van der Waals surface area contributed by atoms with Gasteiger partial charge in [-0.3, -0.25) is 0 Å². The van der Waals surface area contributed by atoms with Crippen molar-refractivity contribution in [2.45, 2.75) is 31.7 Å². The Balaban J connectivity index is 1.85. The summed E-state index contributed by atoms with van der Waals surface area (Å²) < 4.78 is 46.7. The summed E-state index contributed by atoms with van der Waals surface area (Å²) in [6, 6.07) is 15.2. The molecule has 5 nitrogen and oxygen atoms in total. The minimum absolute atomic E-state index is 0.246. The average Bonchev–Trinajstić information content (AvgIpc) is 2.98. The lowest BCUT2D eigenvalue weighted by Gasteiger charge is -2.30. The number of nitrogens with zero attached hydrogens (tertiary/aromatic N) is 2. The number of fused-ring (bicyclic) bond motifs is 1. The molecule has 1 aliphatic carbocycles. The van der Waals surface area contributed by atoms with Crippen LogP contribution < -0.4 is 9.46 Å². The van der Waals surface area contributed by atoms with Crippen molar-refractivity contribution < 1.29 is 17.7 Å². The molecular weight excluding hydrogens is 408 g/mol. The first-order chi connectivity index (χ1) is 14.5. The van der Waals surface area contributed by atoms with Crippen molar-refractivity contribution >= 4 is 27.6 Å². The third-order valence-electron chi connectivity index (χ3n) is 5.32. The number of nitriles is 1. The summed E-state index contributed by atoms with van der Waals surface area (Å²) in [5, 5.41) is 10.7. The Hall–Kier alpha value is -2.92. The van der Waals surface area contributed by atoms with Gasteiger partial charge in [0.25, 0.3) is 6.43 Å². The van der Waals surface area contributed by atoms with Crippen molar-refractivity contribution in [3.05, 3.63) is 48.0 Å². The van der Waals surface area contributed by atoms with E-state index in [9.17, 15) is 18.3 Å². The minimum atomic E-state index is -2.55. The molecule has 30 heavy (non-hydrogen) atoms. The van der Waals surface area contributed by atoms with Crippen LogP contribution in [0.5, 0.6) is 5.75 Å². The summed E-state index contributed by atoms with van der Waals surface area (Å²) in [7, 11) is -1.17. The standard InChI is InChI=1S/C22H21F2N3O2S/c1-30(28)26-15-7-5-14(6-8-15)22-19(12-25)18-10-9-17(29-13-21(23)24)11-20(18)27(22)16-3-2-4-16/h5-11,16,21,26H,2-4,13H2,1H3. The van der Waals surface area contributed by atoms with Gasteiger partial charge in [0.05, 0.1) is 16.8 Å². The predicted molar refractivity (Wildman–Crippen MR) is 114 cm³/mol. The zero-order chi connectivity index (χ0) is 21.3. The second-order valence-electron chi connectivity index (χ2n) is 7.30. The Morgan fingerprint density at radius 2 is 2.00 bits per heavy atom. The van der Waals surface area contributed by atoms with E-state index in [0.29, 0.717) is 11.3 Å². The van der Waals surface area contributed by atoms with E-state index >= 15 is 0 Å². The summed E-state index contributed by atoms with van der Waals surface area (Å²) in [4.78, 5) is 0. The van der Waals surface area contributed by atoms with Gasteiger partial charge in [0, 0.05) is 29.4 Å². The molecule has 0 radical (unpaired) electrons. The second kappa shape index (κ2) is 8.44. The van der Waals surface area contributed by atoms with Crippen LogP contribution in [0.25, 0.3) is 22.2 Å². The van der Waals surface area contributed by atoms with Crippen LogP contribution in [0.3, 0.4) is 0 Å². The minimum Gasteiger partial charge on any atom is -0.488 e. The van der Waals surface area contributed by atoms with E-state index < -0.39 is 24.0 Å². The SMILES string of the molecule is CS(=O)Nc1ccc(-c2c(C#N)c3ccc(OCC(F)F)cc3n2C2CCC2)cc1. The lowest BCUT2D eigenvalue weighted by molar-refractivity contribution is 0.0819. The van der Waals surface area contributed by atoms with E-state index in [4.69, 9.17) is 4.74 Å². The normalized spacial score (nSPS) is 15.0. The molecule has 2 aromatic carbocycles. The van der Waals surface area contributed by atoms with E-state index in [1.165, 1.54) is 0 Å². The molecule has 1 saturated carbocycles. The van der Waals surface area contributed by atoms with Crippen LogP contribution in [-0.4, -0.2) is 28.1 Å². The van der Waals surface area contributed by atoms with Gasteiger partial charge in [-0.05, 0) is 49.1 Å². The molecular formula is C22H21F2N3O2S. The molecule has 0 aliphatic heterocycles. The molecule has 1 atom stereocenters. The molecule has 3 aromatic rings. The number of rotatable bonds is 7. The van der Waals surface area contributed by atoms with Crippen LogP contribution in [0.2, 0.25) is 0 Å². The van der Waals surface area contributed by atoms with Gasteiger partial charge in [-0.25, -0.2) is 13.0 Å². The number of benzene rings is 2. The summed E-state index contributed by atoms with van der Waals surface area (Å²) in [5.41, 5.74) is 3.78. The fourth-order valence-corrected chi connectivity index (χ4v) is 4.29. The summed E-state index contributed by atoms with van der Waals surface area (Å²) in [6.45, 7) is -0.666. The largest absolute Gasteiger partial charge is 0.488 e. The molecule has 0 bridgehead atoms. The first kappa shape index (κ1) is 20.4. The maximum absolute atomic E-state index is 12.6. The van der Waals surface area contributed by atoms with Crippen molar-refractivity contribution in [2.24, 2.45) is 0 Å². The van der Waals surface area contributed by atoms with E-state index in [1.807, 2.05) is 24.3 Å². The van der Waals surface area contributed by atoms with Crippen LogP contribution in [0.15, 0.2) is 42.5 Å². The second-order valence-corrected chi connectivity index (χ2v) is 8.42. The Labute approximate surface area is 175 Å². The molecule has 1 fully saturated rings. The van der Waals surface area contributed by atoms with Gasteiger partial charge in [-0.2, -0.15) is 5.26 Å². The fraction of sp³-hybridized carbons (Fsp3) is 0.318. The third-order valence-corrected chi connectivity index (χ3v) is 5.85. The topological polar surface area (TPSA) is 67.1 Å². The van der Waals surface area contributed by atoms with E-state index in [2.05, 4.69) is 15.4 Å². The van der Waals surface area contributed by atoms with Crippen molar-refractivity contribution in [1.82, 2.24) is 4.57 Å². The Morgan fingerprint density at radius 1 is 1.27 bits per heavy atom. The molecule has 4 rings (SSSR count). The molecule has 156 valence electrons. The van der Waals surface area contributed by atoms with E-state index in [1.54, 1.807) is 24.5 Å². The predicted octanol–water partition coefficient (Wildman–Crippen LogP) is 5.25. The zero-order valence-electron chi connectivity index (χ0n) is 16.4. The number of halogens is 2. The number of hydrogen-bond acceptors (Lipinski definition) is 3. The Morgan fingerprint density at radius 3 is 2.57 bits per heavy atom. The van der Waals surface area contributed by atoms with Crippen LogP contribution in [0.1, 0.15) is 30.9 Å². The van der Waals surface area contributed by atoms with Crippen LogP contribution in [0, 0.1) is 11.3 Å². The maximum Gasteiger partial charge on any atom is 0.272 e. The Bertz CT molecular complexity index is 1130. The van der Waals surface area contributed by atoms with Gasteiger partial charge in [0.1, 0.15) is 29.4 Å². The van der Waals surface area contributed by atoms with Crippen LogP contribution >= 0.6 is 0 Å². The number of nitrogens with one attached hydrogen (secondary N) is 1. The van der Waals surface area contributed by atoms with Gasteiger partial charge in [0.15, 0.2) is 0 Å². The first-order valence-electron chi connectivity index (χ1n) is 9.67. The zero-order valence-corrected chi connectivity index (χ0v) is 17.2. The fourth-order valence-electron chi connectivity index (χ4n) is 3.82. The highest BCUT2D eigenvalue weighted by molar-refractivity contribution is 7.85. The lowest BCUT2D eigenvalue weighted by Crippen LogP contribution is -2.18. The number of hydrogen-bond donors (Lipinski definition) is 1.